The Morgan fingerprint density at radius 3 is 2.60 bits per heavy atom. The Labute approximate surface area is 125 Å². The summed E-state index contributed by atoms with van der Waals surface area (Å²) in [4.78, 5) is 26.9. The molecule has 0 aromatic rings. The summed E-state index contributed by atoms with van der Waals surface area (Å²) < 4.78 is 5.86. The Balaban J connectivity index is 1.74. The molecule has 0 saturated carbocycles. The van der Waals surface area contributed by atoms with E-state index in [1.807, 2.05) is 30.5 Å². The van der Waals surface area contributed by atoms with Crippen molar-refractivity contribution in [2.45, 2.75) is 31.1 Å². The van der Waals surface area contributed by atoms with E-state index in [-0.39, 0.29) is 35.2 Å². The predicted molar refractivity (Wildman–Crippen MR) is 79.7 cm³/mol. The van der Waals surface area contributed by atoms with Gasteiger partial charge >= 0.3 is 0 Å². The molecule has 2 heterocycles. The first-order chi connectivity index (χ1) is 9.33. The maximum absolute atomic E-state index is 11.9. The first kappa shape index (κ1) is 15.6. The standard InChI is InChI=1S/C14H24N2O3S/c1-10(2)13(18)16-8-14(9-16)5-11(7-20-14)19-6-12(17)15(3)4/h10-11H,5-9H2,1-4H3/t11-/m1/s1. The molecule has 2 aliphatic rings. The number of thioether (sulfide) groups is 1. The molecular formula is C14H24N2O3S. The fourth-order valence-corrected chi connectivity index (χ4v) is 4.17. The molecule has 0 aromatic heterocycles. The van der Waals surface area contributed by atoms with Gasteiger partial charge in [0.15, 0.2) is 0 Å². The Hall–Kier alpha value is -0.750. The average Bonchev–Trinajstić information content (AvgIpc) is 2.77. The average molecular weight is 300 g/mol. The van der Waals surface area contributed by atoms with Gasteiger partial charge in [-0.25, -0.2) is 0 Å². The number of rotatable bonds is 4. The molecule has 0 N–H and O–H groups in total. The molecule has 0 bridgehead atoms. The summed E-state index contributed by atoms with van der Waals surface area (Å²) in [5.41, 5.74) is 0. The molecule has 0 unspecified atom stereocenters. The molecule has 114 valence electrons. The summed E-state index contributed by atoms with van der Waals surface area (Å²) in [5, 5.41) is 0. The third-order valence-corrected chi connectivity index (χ3v) is 5.46. The molecule has 0 radical (unpaired) electrons. The van der Waals surface area contributed by atoms with E-state index in [4.69, 9.17) is 4.74 Å². The summed E-state index contributed by atoms with van der Waals surface area (Å²) in [6.45, 7) is 5.69. The summed E-state index contributed by atoms with van der Waals surface area (Å²) in [6.07, 6.45) is 1.08. The van der Waals surface area contributed by atoms with E-state index < -0.39 is 0 Å². The fourth-order valence-electron chi connectivity index (χ4n) is 2.62. The number of nitrogens with zero attached hydrogens (tertiary/aromatic N) is 2. The Bertz CT molecular complexity index is 392. The molecule has 0 aromatic carbocycles. The third-order valence-electron chi connectivity index (χ3n) is 3.88. The number of hydrogen-bond donors (Lipinski definition) is 0. The van der Waals surface area contributed by atoms with Gasteiger partial charge in [0.25, 0.3) is 0 Å². The highest BCUT2D eigenvalue weighted by Crippen LogP contribution is 2.46. The molecule has 1 atom stereocenters. The molecule has 2 rings (SSSR count). The van der Waals surface area contributed by atoms with E-state index in [1.165, 1.54) is 0 Å². The van der Waals surface area contributed by atoms with Crippen LogP contribution in [0, 0.1) is 5.92 Å². The number of carbonyl (C=O) groups excluding carboxylic acids is 2. The lowest BCUT2D eigenvalue weighted by atomic mass is 9.92. The van der Waals surface area contributed by atoms with Crippen molar-refractivity contribution in [1.29, 1.82) is 0 Å². The van der Waals surface area contributed by atoms with Crippen molar-refractivity contribution < 1.29 is 14.3 Å². The van der Waals surface area contributed by atoms with Crippen molar-refractivity contribution in [3.8, 4) is 0 Å². The van der Waals surface area contributed by atoms with Crippen LogP contribution in [-0.4, -0.2) is 72.0 Å². The normalized spacial score (nSPS) is 24.1. The maximum atomic E-state index is 11.9. The van der Waals surface area contributed by atoms with Crippen LogP contribution in [0.5, 0.6) is 0 Å². The predicted octanol–water partition coefficient (Wildman–Crippen LogP) is 0.834. The first-order valence-corrected chi connectivity index (χ1v) is 8.06. The molecule has 6 heteroatoms. The van der Waals surface area contributed by atoms with E-state index in [0.717, 1.165) is 25.3 Å². The molecule has 2 aliphatic heterocycles. The van der Waals surface area contributed by atoms with Crippen LogP contribution in [0.2, 0.25) is 0 Å². The molecule has 1 spiro atoms. The van der Waals surface area contributed by atoms with Gasteiger partial charge in [-0.15, -0.1) is 11.8 Å². The summed E-state index contributed by atoms with van der Waals surface area (Å²) >= 11 is 1.89. The molecule has 2 saturated heterocycles. The maximum Gasteiger partial charge on any atom is 0.248 e. The zero-order chi connectivity index (χ0) is 14.9. The van der Waals surface area contributed by atoms with Crippen molar-refractivity contribution >= 4 is 23.6 Å². The van der Waals surface area contributed by atoms with Gasteiger partial charge < -0.3 is 14.5 Å². The zero-order valence-corrected chi connectivity index (χ0v) is 13.5. The lowest BCUT2D eigenvalue weighted by Crippen LogP contribution is -2.61. The summed E-state index contributed by atoms with van der Waals surface area (Å²) in [7, 11) is 3.47. The Morgan fingerprint density at radius 1 is 1.40 bits per heavy atom. The SMILES string of the molecule is CC(C)C(=O)N1CC2(C[C@@H](OCC(=O)N(C)C)CS2)C1. The molecule has 2 amide bonds. The second-order valence-corrected chi connectivity index (χ2v) is 7.76. The van der Waals surface area contributed by atoms with Crippen LogP contribution in [0.4, 0.5) is 0 Å². The van der Waals surface area contributed by atoms with Gasteiger partial charge in [-0.3, -0.25) is 9.59 Å². The Morgan fingerprint density at radius 2 is 2.05 bits per heavy atom. The second-order valence-electron chi connectivity index (χ2n) is 6.27. The largest absolute Gasteiger partial charge is 0.367 e. The van der Waals surface area contributed by atoms with Crippen molar-refractivity contribution in [2.24, 2.45) is 5.92 Å². The van der Waals surface area contributed by atoms with Crippen LogP contribution >= 0.6 is 11.8 Å². The van der Waals surface area contributed by atoms with Gasteiger partial charge in [0.2, 0.25) is 11.8 Å². The molecule has 2 fully saturated rings. The van der Waals surface area contributed by atoms with Gasteiger partial charge in [0.1, 0.15) is 6.61 Å². The van der Waals surface area contributed by atoms with Gasteiger partial charge in [0.05, 0.1) is 10.9 Å². The van der Waals surface area contributed by atoms with Gasteiger partial charge in [-0.2, -0.15) is 0 Å². The highest BCUT2D eigenvalue weighted by Gasteiger charge is 2.51. The van der Waals surface area contributed by atoms with Crippen molar-refractivity contribution in [1.82, 2.24) is 9.80 Å². The number of carbonyl (C=O) groups is 2. The fraction of sp³-hybridized carbons (Fsp3) is 0.857. The lowest BCUT2D eigenvalue weighted by Gasteiger charge is -2.48. The van der Waals surface area contributed by atoms with E-state index in [9.17, 15) is 9.59 Å². The quantitative estimate of drug-likeness (QED) is 0.772. The van der Waals surface area contributed by atoms with Crippen molar-refractivity contribution in [3.05, 3.63) is 0 Å². The second kappa shape index (κ2) is 5.93. The molecular weight excluding hydrogens is 276 g/mol. The minimum Gasteiger partial charge on any atom is -0.367 e. The van der Waals surface area contributed by atoms with Gasteiger partial charge in [0, 0.05) is 38.9 Å². The molecule has 5 nitrogen and oxygen atoms in total. The molecule has 20 heavy (non-hydrogen) atoms. The summed E-state index contributed by atoms with van der Waals surface area (Å²) in [5.74, 6) is 1.23. The van der Waals surface area contributed by atoms with E-state index in [0.29, 0.717) is 0 Å². The number of amides is 2. The van der Waals surface area contributed by atoms with Gasteiger partial charge in [-0.05, 0) is 6.42 Å². The minimum absolute atomic E-state index is 0.00108. The van der Waals surface area contributed by atoms with E-state index in [1.54, 1.807) is 19.0 Å². The van der Waals surface area contributed by atoms with Crippen molar-refractivity contribution in [3.63, 3.8) is 0 Å². The number of hydrogen-bond acceptors (Lipinski definition) is 4. The Kier molecular flexibility index (Phi) is 4.64. The molecule has 0 aliphatic carbocycles. The smallest absolute Gasteiger partial charge is 0.248 e. The van der Waals surface area contributed by atoms with Crippen molar-refractivity contribution in [2.75, 3.05) is 39.5 Å². The zero-order valence-electron chi connectivity index (χ0n) is 12.7. The van der Waals surface area contributed by atoms with Crippen LogP contribution < -0.4 is 0 Å². The van der Waals surface area contributed by atoms with Gasteiger partial charge in [-0.1, -0.05) is 13.8 Å². The van der Waals surface area contributed by atoms with Crippen LogP contribution in [0.25, 0.3) is 0 Å². The van der Waals surface area contributed by atoms with E-state index in [2.05, 4.69) is 0 Å². The van der Waals surface area contributed by atoms with Crippen LogP contribution in [0.15, 0.2) is 0 Å². The van der Waals surface area contributed by atoms with Crippen LogP contribution in [0.3, 0.4) is 0 Å². The minimum atomic E-state index is 0.00108. The van der Waals surface area contributed by atoms with Crippen LogP contribution in [-0.2, 0) is 14.3 Å². The number of likely N-dealkylation sites (tertiary alicyclic amines) is 1. The topological polar surface area (TPSA) is 49.9 Å². The van der Waals surface area contributed by atoms with Crippen LogP contribution in [0.1, 0.15) is 20.3 Å². The highest BCUT2D eigenvalue weighted by atomic mass is 32.2. The highest BCUT2D eigenvalue weighted by molar-refractivity contribution is 8.01. The number of ether oxygens (including phenoxy) is 1. The summed E-state index contributed by atoms with van der Waals surface area (Å²) in [6, 6.07) is 0. The lowest BCUT2D eigenvalue weighted by molar-refractivity contribution is -0.140. The monoisotopic (exact) mass is 300 g/mol. The van der Waals surface area contributed by atoms with E-state index >= 15 is 0 Å². The third kappa shape index (κ3) is 3.28. The number of likely N-dealkylation sites (N-methyl/N-ethyl adjacent to an activating group) is 1. The first-order valence-electron chi connectivity index (χ1n) is 7.07.